The summed E-state index contributed by atoms with van der Waals surface area (Å²) in [6.07, 6.45) is 4.75. The summed E-state index contributed by atoms with van der Waals surface area (Å²) in [5.41, 5.74) is 0.185. The summed E-state index contributed by atoms with van der Waals surface area (Å²) in [6, 6.07) is 0. The number of rotatable bonds is 1. The van der Waals surface area contributed by atoms with E-state index in [1.807, 2.05) is 0 Å². The Hall–Kier alpha value is -0.530. The molecule has 62 valence electrons. The lowest BCUT2D eigenvalue weighted by molar-refractivity contribution is -0.139. The van der Waals surface area contributed by atoms with Crippen molar-refractivity contribution in [3.63, 3.8) is 0 Å². The van der Waals surface area contributed by atoms with Crippen molar-refractivity contribution >= 4 is 5.97 Å². The molecule has 0 spiro atoms. The summed E-state index contributed by atoms with van der Waals surface area (Å²) < 4.78 is 0. The summed E-state index contributed by atoms with van der Waals surface area (Å²) in [7, 11) is 0. The van der Waals surface area contributed by atoms with Crippen LogP contribution in [0.3, 0.4) is 0 Å². The first-order valence-corrected chi connectivity index (χ1v) is 4.39. The first-order valence-electron chi connectivity index (χ1n) is 4.39. The summed E-state index contributed by atoms with van der Waals surface area (Å²) in [6.45, 7) is 2.13. The number of carboxylic acids is 1. The number of fused-ring (bicyclic) bond motifs is 1. The molecule has 0 aromatic rings. The minimum Gasteiger partial charge on any atom is -0.481 e. The van der Waals surface area contributed by atoms with E-state index in [-0.39, 0.29) is 11.3 Å². The molecule has 2 saturated carbocycles. The Labute approximate surface area is 66.6 Å². The van der Waals surface area contributed by atoms with Crippen LogP contribution in [0.5, 0.6) is 0 Å². The molecule has 0 saturated heterocycles. The van der Waals surface area contributed by atoms with Gasteiger partial charge in [-0.25, -0.2) is 0 Å². The molecule has 11 heavy (non-hydrogen) atoms. The van der Waals surface area contributed by atoms with Gasteiger partial charge < -0.3 is 5.11 Å². The van der Waals surface area contributed by atoms with Crippen LogP contribution in [0.15, 0.2) is 0 Å². The van der Waals surface area contributed by atoms with Gasteiger partial charge in [0.05, 0.1) is 5.92 Å². The van der Waals surface area contributed by atoms with Gasteiger partial charge in [0, 0.05) is 0 Å². The maximum Gasteiger partial charge on any atom is 0.307 e. The molecule has 2 rings (SSSR count). The van der Waals surface area contributed by atoms with Crippen molar-refractivity contribution in [2.24, 2.45) is 17.3 Å². The van der Waals surface area contributed by atoms with Gasteiger partial charge in [-0.1, -0.05) is 19.8 Å². The molecule has 1 N–H and O–H groups in total. The standard InChI is InChI=1S/C9H14O2/c1-9-5-3-2-4-6(9)7(9)8(10)11/h6-7H,2-5H2,1H3,(H,10,11)/t6-,7+,9-/m1/s1. The largest absolute Gasteiger partial charge is 0.481 e. The quantitative estimate of drug-likeness (QED) is 0.626. The Morgan fingerprint density at radius 1 is 1.55 bits per heavy atom. The average molecular weight is 154 g/mol. The van der Waals surface area contributed by atoms with E-state index in [4.69, 9.17) is 5.11 Å². The van der Waals surface area contributed by atoms with Gasteiger partial charge in [-0.3, -0.25) is 4.79 Å². The van der Waals surface area contributed by atoms with E-state index in [1.165, 1.54) is 12.8 Å². The highest BCUT2D eigenvalue weighted by molar-refractivity contribution is 5.75. The highest BCUT2D eigenvalue weighted by atomic mass is 16.4. The Bertz CT molecular complexity index is 200. The molecular weight excluding hydrogens is 140 g/mol. The molecule has 0 aliphatic heterocycles. The minimum atomic E-state index is -0.570. The predicted octanol–water partition coefficient (Wildman–Crippen LogP) is 1.90. The van der Waals surface area contributed by atoms with Gasteiger partial charge in [0.2, 0.25) is 0 Å². The molecule has 0 aromatic heterocycles. The maximum atomic E-state index is 10.7. The fraction of sp³-hybridized carbons (Fsp3) is 0.889. The van der Waals surface area contributed by atoms with Crippen LogP contribution in [0.4, 0.5) is 0 Å². The van der Waals surface area contributed by atoms with E-state index in [0.717, 1.165) is 12.8 Å². The number of hydrogen-bond donors (Lipinski definition) is 1. The second-order valence-corrected chi connectivity index (χ2v) is 4.17. The minimum absolute atomic E-state index is 0.00926. The van der Waals surface area contributed by atoms with Crippen molar-refractivity contribution in [2.45, 2.75) is 32.6 Å². The summed E-state index contributed by atoms with van der Waals surface area (Å²) in [4.78, 5) is 10.7. The second kappa shape index (κ2) is 1.99. The average Bonchev–Trinajstić information content (AvgIpc) is 2.54. The third-order valence-corrected chi connectivity index (χ3v) is 3.60. The van der Waals surface area contributed by atoms with Gasteiger partial charge in [-0.05, 0) is 24.2 Å². The zero-order valence-corrected chi connectivity index (χ0v) is 6.84. The molecule has 0 aromatic carbocycles. The monoisotopic (exact) mass is 154 g/mol. The van der Waals surface area contributed by atoms with E-state index in [0.29, 0.717) is 5.92 Å². The molecule has 2 aliphatic carbocycles. The van der Waals surface area contributed by atoms with Gasteiger partial charge in [0.15, 0.2) is 0 Å². The van der Waals surface area contributed by atoms with Crippen molar-refractivity contribution in [2.75, 3.05) is 0 Å². The molecule has 2 fully saturated rings. The number of carboxylic acid groups (broad SMARTS) is 1. The predicted molar refractivity (Wildman–Crippen MR) is 41.2 cm³/mol. The zero-order valence-electron chi connectivity index (χ0n) is 6.84. The van der Waals surface area contributed by atoms with Gasteiger partial charge in [-0.15, -0.1) is 0 Å². The molecule has 2 aliphatic rings. The van der Waals surface area contributed by atoms with Crippen LogP contribution in [-0.2, 0) is 4.79 Å². The van der Waals surface area contributed by atoms with Crippen LogP contribution in [0.2, 0.25) is 0 Å². The van der Waals surface area contributed by atoms with E-state index in [9.17, 15) is 4.79 Å². The Balaban J connectivity index is 2.12. The summed E-state index contributed by atoms with van der Waals surface area (Å²) in [5.74, 6) is -0.0712. The lowest BCUT2D eigenvalue weighted by Crippen LogP contribution is -2.07. The molecule has 2 nitrogen and oxygen atoms in total. The van der Waals surface area contributed by atoms with Crippen LogP contribution in [0.1, 0.15) is 32.6 Å². The van der Waals surface area contributed by atoms with E-state index in [2.05, 4.69) is 6.92 Å². The molecular formula is C9H14O2. The Kier molecular flexibility index (Phi) is 1.29. The number of carbonyl (C=O) groups is 1. The Morgan fingerprint density at radius 3 is 2.73 bits per heavy atom. The summed E-state index contributed by atoms with van der Waals surface area (Å²) in [5, 5.41) is 8.85. The fourth-order valence-corrected chi connectivity index (χ4v) is 2.82. The maximum absolute atomic E-state index is 10.7. The van der Waals surface area contributed by atoms with Crippen LogP contribution in [-0.4, -0.2) is 11.1 Å². The van der Waals surface area contributed by atoms with E-state index >= 15 is 0 Å². The molecule has 3 atom stereocenters. The topological polar surface area (TPSA) is 37.3 Å². The lowest BCUT2D eigenvalue weighted by Gasteiger charge is -2.15. The second-order valence-electron chi connectivity index (χ2n) is 4.17. The molecule has 0 bridgehead atoms. The highest BCUT2D eigenvalue weighted by Gasteiger charge is 2.64. The first-order chi connectivity index (χ1) is 5.16. The van der Waals surface area contributed by atoms with Crippen molar-refractivity contribution in [3.8, 4) is 0 Å². The van der Waals surface area contributed by atoms with Crippen LogP contribution in [0, 0.1) is 17.3 Å². The number of aliphatic carboxylic acids is 1. The van der Waals surface area contributed by atoms with E-state index in [1.54, 1.807) is 0 Å². The van der Waals surface area contributed by atoms with Crippen molar-refractivity contribution in [3.05, 3.63) is 0 Å². The lowest BCUT2D eigenvalue weighted by atomic mass is 9.90. The number of hydrogen-bond acceptors (Lipinski definition) is 1. The van der Waals surface area contributed by atoms with Crippen LogP contribution in [0.25, 0.3) is 0 Å². The van der Waals surface area contributed by atoms with Gasteiger partial charge in [0.25, 0.3) is 0 Å². The van der Waals surface area contributed by atoms with Crippen molar-refractivity contribution in [1.29, 1.82) is 0 Å². The molecule has 0 heterocycles. The van der Waals surface area contributed by atoms with Crippen LogP contribution < -0.4 is 0 Å². The molecule has 0 radical (unpaired) electrons. The normalized spacial score (nSPS) is 48.1. The fourth-order valence-electron chi connectivity index (χ4n) is 2.82. The van der Waals surface area contributed by atoms with Crippen molar-refractivity contribution in [1.82, 2.24) is 0 Å². The zero-order chi connectivity index (χ0) is 8.06. The molecule has 0 amide bonds. The first kappa shape index (κ1) is 7.14. The van der Waals surface area contributed by atoms with Gasteiger partial charge in [-0.2, -0.15) is 0 Å². The smallest absolute Gasteiger partial charge is 0.307 e. The van der Waals surface area contributed by atoms with E-state index < -0.39 is 5.97 Å². The Morgan fingerprint density at radius 2 is 2.27 bits per heavy atom. The summed E-state index contributed by atoms with van der Waals surface area (Å²) >= 11 is 0. The third-order valence-electron chi connectivity index (χ3n) is 3.60. The van der Waals surface area contributed by atoms with Gasteiger partial charge in [0.1, 0.15) is 0 Å². The molecule has 0 unspecified atom stereocenters. The van der Waals surface area contributed by atoms with Crippen molar-refractivity contribution < 1.29 is 9.90 Å². The third kappa shape index (κ3) is 0.815. The highest BCUT2D eigenvalue weighted by Crippen LogP contribution is 2.65. The molecule has 2 heteroatoms. The van der Waals surface area contributed by atoms with Crippen LogP contribution >= 0.6 is 0 Å². The SMILES string of the molecule is C[C@@]12CCCC[C@@H]1[C@H]2C(=O)O. The van der Waals surface area contributed by atoms with Gasteiger partial charge >= 0.3 is 5.97 Å².